The summed E-state index contributed by atoms with van der Waals surface area (Å²) in [6.07, 6.45) is 1.64. The molecular formula is C17H25N5O3. The number of nitrogens with zero attached hydrogens (tertiary/aromatic N) is 4. The molecule has 0 saturated carbocycles. The number of nitrogens with one attached hydrogen (secondary N) is 1. The number of carbonyl (C=O) groups excluding carboxylic acids is 2. The molecule has 0 radical (unpaired) electrons. The first-order chi connectivity index (χ1) is 12.2. The van der Waals surface area contributed by atoms with E-state index >= 15 is 0 Å². The van der Waals surface area contributed by atoms with E-state index in [1.165, 1.54) is 0 Å². The number of amides is 2. The van der Waals surface area contributed by atoms with Crippen molar-refractivity contribution >= 4 is 17.6 Å². The molecule has 8 heteroatoms. The maximum absolute atomic E-state index is 12.6. The number of aromatic nitrogens is 1. The fourth-order valence-corrected chi connectivity index (χ4v) is 3.10. The Kier molecular flexibility index (Phi) is 5.83. The quantitative estimate of drug-likeness (QED) is 0.809. The molecule has 136 valence electrons. The van der Waals surface area contributed by atoms with E-state index in [0.717, 1.165) is 0 Å². The van der Waals surface area contributed by atoms with Crippen molar-refractivity contribution in [3.05, 3.63) is 23.9 Å². The van der Waals surface area contributed by atoms with E-state index in [2.05, 4.69) is 15.2 Å². The Morgan fingerprint density at radius 2 is 1.84 bits per heavy atom. The highest BCUT2D eigenvalue weighted by Gasteiger charge is 2.25. The van der Waals surface area contributed by atoms with Crippen molar-refractivity contribution in [3.63, 3.8) is 0 Å². The van der Waals surface area contributed by atoms with Crippen molar-refractivity contribution < 1.29 is 14.3 Å². The summed E-state index contributed by atoms with van der Waals surface area (Å²) >= 11 is 0. The van der Waals surface area contributed by atoms with Crippen LogP contribution >= 0.6 is 0 Å². The average molecular weight is 347 g/mol. The van der Waals surface area contributed by atoms with Gasteiger partial charge in [0.05, 0.1) is 19.8 Å². The van der Waals surface area contributed by atoms with Crippen LogP contribution in [0.5, 0.6) is 0 Å². The van der Waals surface area contributed by atoms with Gasteiger partial charge in [-0.25, -0.2) is 4.98 Å². The van der Waals surface area contributed by atoms with Gasteiger partial charge in [0.2, 0.25) is 5.91 Å². The highest BCUT2D eigenvalue weighted by molar-refractivity contribution is 5.94. The Labute approximate surface area is 147 Å². The zero-order valence-corrected chi connectivity index (χ0v) is 14.6. The molecule has 0 aromatic carbocycles. The van der Waals surface area contributed by atoms with E-state index in [-0.39, 0.29) is 11.8 Å². The van der Waals surface area contributed by atoms with Crippen LogP contribution in [0.15, 0.2) is 18.3 Å². The van der Waals surface area contributed by atoms with Crippen molar-refractivity contribution in [3.8, 4) is 0 Å². The molecule has 1 N–H and O–H groups in total. The number of pyridine rings is 1. The molecule has 3 heterocycles. The van der Waals surface area contributed by atoms with E-state index in [0.29, 0.717) is 70.4 Å². The van der Waals surface area contributed by atoms with Gasteiger partial charge in [-0.3, -0.25) is 14.5 Å². The second-order valence-electron chi connectivity index (χ2n) is 6.24. The van der Waals surface area contributed by atoms with E-state index in [1.807, 2.05) is 9.80 Å². The number of morpholine rings is 1. The van der Waals surface area contributed by atoms with Crippen molar-refractivity contribution in [2.45, 2.75) is 0 Å². The molecule has 0 spiro atoms. The van der Waals surface area contributed by atoms with E-state index in [1.54, 1.807) is 25.4 Å². The lowest BCUT2D eigenvalue weighted by Gasteiger charge is -2.36. The summed E-state index contributed by atoms with van der Waals surface area (Å²) in [5.41, 5.74) is 0.636. The molecular weight excluding hydrogens is 322 g/mol. The first-order valence-electron chi connectivity index (χ1n) is 8.68. The summed E-state index contributed by atoms with van der Waals surface area (Å²) in [7, 11) is 1.78. The van der Waals surface area contributed by atoms with Crippen LogP contribution in [0.4, 0.5) is 5.82 Å². The van der Waals surface area contributed by atoms with Gasteiger partial charge in [-0.2, -0.15) is 0 Å². The number of piperazine rings is 1. The smallest absolute Gasteiger partial charge is 0.254 e. The molecule has 1 aromatic heterocycles. The molecule has 2 aliphatic heterocycles. The van der Waals surface area contributed by atoms with Crippen molar-refractivity contribution in [2.75, 3.05) is 71.4 Å². The van der Waals surface area contributed by atoms with Crippen LogP contribution in [0.1, 0.15) is 10.4 Å². The molecule has 25 heavy (non-hydrogen) atoms. The standard InChI is InChI=1S/C17H25N5O3/c1-18-15-12-14(2-3-19-15)17(24)22-6-4-20(5-7-22)13-16(23)21-8-10-25-11-9-21/h2-3,12H,4-11,13H2,1H3,(H,18,19). The fourth-order valence-electron chi connectivity index (χ4n) is 3.10. The molecule has 2 saturated heterocycles. The van der Waals surface area contributed by atoms with Gasteiger partial charge in [-0.1, -0.05) is 0 Å². The number of carbonyl (C=O) groups is 2. The maximum atomic E-state index is 12.6. The van der Waals surface area contributed by atoms with E-state index < -0.39 is 0 Å². The number of rotatable bonds is 4. The summed E-state index contributed by atoms with van der Waals surface area (Å²) in [5, 5.41) is 2.94. The van der Waals surface area contributed by atoms with E-state index in [4.69, 9.17) is 4.74 Å². The zero-order chi connectivity index (χ0) is 17.6. The van der Waals surface area contributed by atoms with Gasteiger partial charge in [0.25, 0.3) is 5.91 Å². The molecule has 2 aliphatic rings. The second kappa shape index (κ2) is 8.26. The first kappa shape index (κ1) is 17.6. The van der Waals surface area contributed by atoms with Gasteiger partial charge in [-0.05, 0) is 12.1 Å². The lowest BCUT2D eigenvalue weighted by Crippen LogP contribution is -2.52. The molecule has 0 unspecified atom stereocenters. The third-order valence-corrected chi connectivity index (χ3v) is 4.65. The first-order valence-corrected chi connectivity index (χ1v) is 8.68. The molecule has 0 bridgehead atoms. The van der Waals surface area contributed by atoms with Gasteiger partial charge in [0.1, 0.15) is 5.82 Å². The van der Waals surface area contributed by atoms with Crippen molar-refractivity contribution in [1.29, 1.82) is 0 Å². The lowest BCUT2D eigenvalue weighted by molar-refractivity contribution is -0.136. The highest BCUT2D eigenvalue weighted by Crippen LogP contribution is 2.12. The largest absolute Gasteiger partial charge is 0.378 e. The number of ether oxygens (including phenoxy) is 1. The van der Waals surface area contributed by atoms with Gasteiger partial charge < -0.3 is 19.9 Å². The predicted octanol–water partition coefficient (Wildman–Crippen LogP) is -0.260. The fraction of sp³-hybridized carbons (Fsp3) is 0.588. The van der Waals surface area contributed by atoms with Crippen LogP contribution in [0.2, 0.25) is 0 Å². The van der Waals surface area contributed by atoms with E-state index in [9.17, 15) is 9.59 Å². The second-order valence-corrected chi connectivity index (χ2v) is 6.24. The molecule has 2 amide bonds. The minimum atomic E-state index is 0.0121. The third kappa shape index (κ3) is 4.46. The lowest BCUT2D eigenvalue weighted by atomic mass is 10.2. The summed E-state index contributed by atoms with van der Waals surface area (Å²) in [6, 6.07) is 3.49. The Morgan fingerprint density at radius 1 is 1.12 bits per heavy atom. The van der Waals surface area contributed by atoms with Crippen LogP contribution in [-0.4, -0.2) is 97.6 Å². The Morgan fingerprint density at radius 3 is 2.52 bits per heavy atom. The van der Waals surface area contributed by atoms with Crippen LogP contribution in [0, 0.1) is 0 Å². The Hall–Kier alpha value is -2.19. The maximum Gasteiger partial charge on any atom is 0.254 e. The van der Waals surface area contributed by atoms with Gasteiger partial charge in [0.15, 0.2) is 0 Å². The molecule has 1 aromatic rings. The summed E-state index contributed by atoms with van der Waals surface area (Å²) in [6.45, 7) is 5.70. The molecule has 0 aliphatic carbocycles. The number of anilines is 1. The average Bonchev–Trinajstić information content (AvgIpc) is 2.68. The number of hydrogen-bond acceptors (Lipinski definition) is 6. The van der Waals surface area contributed by atoms with Crippen molar-refractivity contribution in [2.24, 2.45) is 0 Å². The Bertz CT molecular complexity index is 610. The zero-order valence-electron chi connectivity index (χ0n) is 14.6. The summed E-state index contributed by atoms with van der Waals surface area (Å²) < 4.78 is 5.28. The minimum Gasteiger partial charge on any atom is -0.378 e. The summed E-state index contributed by atoms with van der Waals surface area (Å²) in [4.78, 5) is 34.9. The van der Waals surface area contributed by atoms with Crippen LogP contribution in [-0.2, 0) is 9.53 Å². The molecule has 2 fully saturated rings. The topological polar surface area (TPSA) is 78.0 Å². The van der Waals surface area contributed by atoms with Crippen molar-refractivity contribution in [1.82, 2.24) is 19.7 Å². The third-order valence-electron chi connectivity index (χ3n) is 4.65. The van der Waals surface area contributed by atoms with Gasteiger partial charge in [-0.15, -0.1) is 0 Å². The minimum absolute atomic E-state index is 0.0121. The normalized spacial score (nSPS) is 18.9. The van der Waals surface area contributed by atoms with Gasteiger partial charge >= 0.3 is 0 Å². The monoisotopic (exact) mass is 347 g/mol. The molecule has 0 atom stereocenters. The molecule has 3 rings (SSSR count). The van der Waals surface area contributed by atoms with Gasteiger partial charge in [0, 0.05) is 58.1 Å². The SMILES string of the molecule is CNc1cc(C(=O)N2CCN(CC(=O)N3CCOCC3)CC2)ccn1. The van der Waals surface area contributed by atoms with Crippen LogP contribution in [0.3, 0.4) is 0 Å². The summed E-state index contributed by atoms with van der Waals surface area (Å²) in [5.74, 6) is 0.842. The van der Waals surface area contributed by atoms with Crippen LogP contribution in [0.25, 0.3) is 0 Å². The molecule has 8 nitrogen and oxygen atoms in total. The predicted molar refractivity (Wildman–Crippen MR) is 93.5 cm³/mol. The Balaban J connectivity index is 1.49. The van der Waals surface area contributed by atoms with Crippen LogP contribution < -0.4 is 5.32 Å². The number of hydrogen-bond donors (Lipinski definition) is 1. The highest BCUT2D eigenvalue weighted by atomic mass is 16.5.